The van der Waals surface area contributed by atoms with Gasteiger partial charge in [0, 0.05) is 22.5 Å². The fourth-order valence-corrected chi connectivity index (χ4v) is 7.53. The summed E-state index contributed by atoms with van der Waals surface area (Å²) in [7, 11) is 0. The van der Waals surface area contributed by atoms with Crippen molar-refractivity contribution >= 4 is 34.9 Å². The summed E-state index contributed by atoms with van der Waals surface area (Å²) in [6.45, 7) is 6.37. The van der Waals surface area contributed by atoms with Gasteiger partial charge in [-0.25, -0.2) is 0 Å². The van der Waals surface area contributed by atoms with Crippen LogP contribution in [0, 0.1) is 18.8 Å². The van der Waals surface area contributed by atoms with Crippen LogP contribution in [0.1, 0.15) is 56.8 Å². The number of Topliss-reactive ketones (excluding diaryl/α,β-unsaturated/α-hetero) is 2. The second-order valence-corrected chi connectivity index (χ2v) is 12.5. The van der Waals surface area contributed by atoms with Gasteiger partial charge in [-0.2, -0.15) is 0 Å². The monoisotopic (exact) mass is 566 g/mol. The molecule has 5 heteroatoms. The van der Waals surface area contributed by atoms with E-state index in [0.29, 0.717) is 22.7 Å². The Morgan fingerprint density at radius 3 is 2.30 bits per heavy atom. The molecule has 0 bridgehead atoms. The molecule has 214 valence electrons. The summed E-state index contributed by atoms with van der Waals surface area (Å²) in [6, 6.07) is 29.2. The maximum absolute atomic E-state index is 15.0. The highest BCUT2D eigenvalue weighted by molar-refractivity contribution is 6.18. The number of ketones is 2. The number of amides is 1. The van der Waals surface area contributed by atoms with Gasteiger partial charge in [0.1, 0.15) is 11.5 Å². The first-order valence-corrected chi connectivity index (χ1v) is 15.0. The molecule has 4 aromatic rings. The largest absolute Gasteiger partial charge is 0.352 e. The Hall–Kier alpha value is -4.77. The van der Waals surface area contributed by atoms with E-state index in [-0.39, 0.29) is 17.5 Å². The van der Waals surface area contributed by atoms with Crippen molar-refractivity contribution in [1.82, 2.24) is 0 Å². The number of fused-ring (bicyclic) bond motifs is 6. The van der Waals surface area contributed by atoms with E-state index >= 15 is 0 Å². The molecule has 1 fully saturated rings. The van der Waals surface area contributed by atoms with Crippen LogP contribution in [-0.2, 0) is 16.6 Å². The number of rotatable bonds is 6. The number of hydrogen-bond acceptors (Lipinski definition) is 4. The molecule has 3 aliphatic heterocycles. The van der Waals surface area contributed by atoms with Gasteiger partial charge in [-0.1, -0.05) is 110 Å². The summed E-state index contributed by atoms with van der Waals surface area (Å²) in [6.07, 6.45) is 4.97. The average molecular weight is 567 g/mol. The Balaban J connectivity index is 1.49. The van der Waals surface area contributed by atoms with Crippen LogP contribution >= 0.6 is 0 Å². The van der Waals surface area contributed by atoms with Gasteiger partial charge in [-0.05, 0) is 54.2 Å². The lowest BCUT2D eigenvalue weighted by Gasteiger charge is -2.37. The normalized spacial score (nSPS) is 23.2. The van der Waals surface area contributed by atoms with Crippen LogP contribution in [0.15, 0.2) is 103 Å². The molecule has 3 aliphatic rings. The van der Waals surface area contributed by atoms with Gasteiger partial charge in [0.05, 0.1) is 12.0 Å². The molecule has 4 atom stereocenters. The minimum atomic E-state index is -1.31. The van der Waals surface area contributed by atoms with E-state index in [9.17, 15) is 14.4 Å². The van der Waals surface area contributed by atoms with Gasteiger partial charge in [0.2, 0.25) is 5.91 Å². The number of nitrogens with zero attached hydrogens (tertiary/aromatic N) is 1. The first-order chi connectivity index (χ1) is 20.8. The number of anilines is 2. The Kier molecular flexibility index (Phi) is 6.42. The summed E-state index contributed by atoms with van der Waals surface area (Å²) >= 11 is 0. The van der Waals surface area contributed by atoms with Crippen molar-refractivity contribution in [3.05, 3.63) is 137 Å². The van der Waals surface area contributed by atoms with Gasteiger partial charge in [0.15, 0.2) is 11.6 Å². The molecule has 1 N–H and O–H groups in total. The van der Waals surface area contributed by atoms with Crippen LogP contribution in [0.3, 0.4) is 0 Å². The standard InChI is InChI=1S/C38H34N2O3/c1-23(2)21-25-14-16-27(17-15-25)35(41)33-34(36(42)26-9-5-4-6-10-26)40-31-19-13-24(3)22-28(31)18-20-32(40)38(33)29-11-7-8-12-30(29)39-37(38)43/h4-20,22-23,32-34H,21H2,1-3H3,(H,39,43)/t32-,33+,34+,38-/m1/s1. The summed E-state index contributed by atoms with van der Waals surface area (Å²) in [5.74, 6) is -1.11. The van der Waals surface area contributed by atoms with Crippen LogP contribution in [0.25, 0.3) is 6.08 Å². The molecule has 0 radical (unpaired) electrons. The maximum atomic E-state index is 15.0. The number of aryl methyl sites for hydroxylation is 1. The molecule has 3 heterocycles. The first kappa shape index (κ1) is 27.1. The number of para-hydroxylation sites is 1. The third-order valence-electron chi connectivity index (χ3n) is 9.28. The lowest BCUT2D eigenvalue weighted by Crippen LogP contribution is -2.51. The fraction of sp³-hybridized carbons (Fsp3) is 0.237. The van der Waals surface area contributed by atoms with Crippen molar-refractivity contribution in [1.29, 1.82) is 0 Å². The molecule has 0 saturated carbocycles. The summed E-state index contributed by atoms with van der Waals surface area (Å²) < 4.78 is 0. The molecule has 0 unspecified atom stereocenters. The average Bonchev–Trinajstić information content (AvgIpc) is 3.49. The molecule has 0 aromatic heterocycles. The van der Waals surface area contributed by atoms with E-state index in [1.807, 2.05) is 97.9 Å². The van der Waals surface area contributed by atoms with Crippen molar-refractivity contribution < 1.29 is 14.4 Å². The molecule has 0 aliphatic carbocycles. The summed E-state index contributed by atoms with van der Waals surface area (Å²) in [4.78, 5) is 46.2. The highest BCUT2D eigenvalue weighted by atomic mass is 16.2. The number of carbonyl (C=O) groups is 3. The van der Waals surface area contributed by atoms with Crippen molar-refractivity contribution in [3.63, 3.8) is 0 Å². The highest BCUT2D eigenvalue weighted by Crippen LogP contribution is 2.58. The predicted octanol–water partition coefficient (Wildman–Crippen LogP) is 7.05. The van der Waals surface area contributed by atoms with Crippen LogP contribution < -0.4 is 10.2 Å². The Morgan fingerprint density at radius 1 is 0.860 bits per heavy atom. The third-order valence-corrected chi connectivity index (χ3v) is 9.28. The molecular weight excluding hydrogens is 532 g/mol. The minimum absolute atomic E-state index is 0.170. The van der Waals surface area contributed by atoms with Crippen molar-refractivity contribution in [2.75, 3.05) is 10.2 Å². The van der Waals surface area contributed by atoms with Gasteiger partial charge >= 0.3 is 0 Å². The smallest absolute Gasteiger partial charge is 0.238 e. The first-order valence-electron chi connectivity index (χ1n) is 15.0. The zero-order chi connectivity index (χ0) is 29.9. The summed E-state index contributed by atoms with van der Waals surface area (Å²) in [5, 5.41) is 3.10. The van der Waals surface area contributed by atoms with E-state index in [4.69, 9.17) is 0 Å². The second kappa shape index (κ2) is 10.2. The lowest BCUT2D eigenvalue weighted by atomic mass is 9.64. The topological polar surface area (TPSA) is 66.5 Å². The Labute approximate surface area is 252 Å². The lowest BCUT2D eigenvalue weighted by molar-refractivity contribution is -0.121. The molecular formula is C38H34N2O3. The summed E-state index contributed by atoms with van der Waals surface area (Å²) in [5.41, 5.74) is 5.23. The van der Waals surface area contributed by atoms with Crippen molar-refractivity contribution in [2.24, 2.45) is 11.8 Å². The zero-order valence-electron chi connectivity index (χ0n) is 24.6. The Bertz CT molecular complexity index is 1790. The molecule has 1 amide bonds. The number of carbonyl (C=O) groups excluding carboxylic acids is 3. The van der Waals surface area contributed by atoms with E-state index in [1.165, 1.54) is 0 Å². The number of hydrogen-bond donors (Lipinski definition) is 1. The van der Waals surface area contributed by atoms with Gasteiger partial charge in [-0.3, -0.25) is 14.4 Å². The Morgan fingerprint density at radius 2 is 1.56 bits per heavy atom. The SMILES string of the molecule is Cc1ccc2c(c1)C=C[C@H]1N2[C@H](C(=O)c2ccccc2)[C@@H](C(=O)c2ccc(CC(C)C)cc2)[C@]12C(=O)Nc1ccccc12. The van der Waals surface area contributed by atoms with E-state index in [2.05, 4.69) is 30.1 Å². The third kappa shape index (κ3) is 4.09. The number of nitrogens with one attached hydrogen (secondary N) is 1. The zero-order valence-corrected chi connectivity index (χ0v) is 24.6. The highest BCUT2D eigenvalue weighted by Gasteiger charge is 2.70. The molecule has 4 aromatic carbocycles. The van der Waals surface area contributed by atoms with Gasteiger partial charge in [-0.15, -0.1) is 0 Å². The molecule has 7 rings (SSSR count). The van der Waals surface area contributed by atoms with Crippen molar-refractivity contribution in [3.8, 4) is 0 Å². The molecule has 5 nitrogen and oxygen atoms in total. The second-order valence-electron chi connectivity index (χ2n) is 12.5. The van der Waals surface area contributed by atoms with Crippen LogP contribution in [0.4, 0.5) is 11.4 Å². The molecule has 1 spiro atoms. The van der Waals surface area contributed by atoms with Crippen LogP contribution in [0.2, 0.25) is 0 Å². The maximum Gasteiger partial charge on any atom is 0.238 e. The van der Waals surface area contributed by atoms with Gasteiger partial charge in [0.25, 0.3) is 0 Å². The van der Waals surface area contributed by atoms with E-state index in [1.54, 1.807) is 12.1 Å². The van der Waals surface area contributed by atoms with Crippen LogP contribution in [-0.4, -0.2) is 29.6 Å². The van der Waals surface area contributed by atoms with E-state index < -0.39 is 23.4 Å². The predicted molar refractivity (Wildman–Crippen MR) is 171 cm³/mol. The molecule has 43 heavy (non-hydrogen) atoms. The minimum Gasteiger partial charge on any atom is -0.352 e. The number of benzene rings is 4. The van der Waals surface area contributed by atoms with Crippen molar-refractivity contribution in [2.45, 2.75) is 44.7 Å². The quantitative estimate of drug-likeness (QED) is 0.254. The molecule has 1 saturated heterocycles. The van der Waals surface area contributed by atoms with Gasteiger partial charge < -0.3 is 10.2 Å². The van der Waals surface area contributed by atoms with E-state index in [0.717, 1.165) is 34.4 Å². The fourth-order valence-electron chi connectivity index (χ4n) is 7.53. The van der Waals surface area contributed by atoms with Crippen LogP contribution in [0.5, 0.6) is 0 Å².